The Bertz CT molecular complexity index is 229. The molecule has 1 atom stereocenters. The van der Waals surface area contributed by atoms with Gasteiger partial charge >= 0.3 is 0 Å². The minimum absolute atomic E-state index is 0.250. The molecule has 1 aromatic carbocycles. The fourth-order valence-corrected chi connectivity index (χ4v) is 1.48. The summed E-state index contributed by atoms with van der Waals surface area (Å²) in [4.78, 5) is 5.41. The van der Waals surface area contributed by atoms with Gasteiger partial charge in [-0.25, -0.2) is 5.48 Å². The van der Waals surface area contributed by atoms with Gasteiger partial charge in [-0.1, -0.05) is 30.3 Å². The predicted molar refractivity (Wildman–Crippen MR) is 47.5 cm³/mol. The summed E-state index contributed by atoms with van der Waals surface area (Å²) in [5.74, 6) is 0. The van der Waals surface area contributed by atoms with Crippen molar-refractivity contribution < 1.29 is 4.84 Å². The van der Waals surface area contributed by atoms with E-state index >= 15 is 0 Å². The van der Waals surface area contributed by atoms with Crippen molar-refractivity contribution in [1.82, 2.24) is 5.48 Å². The average Bonchev–Trinajstić information content (AvgIpc) is 2.21. The molecule has 0 spiro atoms. The number of benzene rings is 1. The van der Waals surface area contributed by atoms with Crippen LogP contribution >= 0.6 is 0 Å². The van der Waals surface area contributed by atoms with E-state index in [1.54, 1.807) is 0 Å². The van der Waals surface area contributed by atoms with Crippen LogP contribution in [0.3, 0.4) is 0 Å². The molecule has 0 radical (unpaired) electrons. The van der Waals surface area contributed by atoms with E-state index in [1.807, 2.05) is 18.2 Å². The minimum atomic E-state index is 0.250. The molecule has 1 aliphatic rings. The normalized spacial score (nSPS) is 23.8. The molecular weight excluding hydrogens is 150 g/mol. The van der Waals surface area contributed by atoms with E-state index in [0.717, 1.165) is 13.0 Å². The zero-order chi connectivity index (χ0) is 8.23. The van der Waals surface area contributed by atoms with Crippen molar-refractivity contribution in [1.29, 1.82) is 0 Å². The highest BCUT2D eigenvalue weighted by Crippen LogP contribution is 2.23. The van der Waals surface area contributed by atoms with E-state index < -0.39 is 0 Å². The summed E-state index contributed by atoms with van der Waals surface area (Å²) >= 11 is 0. The van der Waals surface area contributed by atoms with Crippen molar-refractivity contribution in [2.45, 2.75) is 18.9 Å². The van der Waals surface area contributed by atoms with Gasteiger partial charge in [0.2, 0.25) is 0 Å². The van der Waals surface area contributed by atoms with Crippen molar-refractivity contribution in [3.05, 3.63) is 35.9 Å². The van der Waals surface area contributed by atoms with Crippen molar-refractivity contribution in [2.24, 2.45) is 0 Å². The number of hydrogen-bond donors (Lipinski definition) is 1. The van der Waals surface area contributed by atoms with Gasteiger partial charge in [-0.2, -0.15) is 0 Å². The van der Waals surface area contributed by atoms with Crippen LogP contribution in [-0.2, 0) is 4.84 Å². The molecule has 1 saturated heterocycles. The lowest BCUT2D eigenvalue weighted by Gasteiger charge is -2.22. The Labute approximate surface area is 72.5 Å². The van der Waals surface area contributed by atoms with Gasteiger partial charge in [-0.15, -0.1) is 0 Å². The van der Waals surface area contributed by atoms with Crippen LogP contribution in [0, 0.1) is 0 Å². The van der Waals surface area contributed by atoms with Gasteiger partial charge in [-0.05, 0) is 18.4 Å². The summed E-state index contributed by atoms with van der Waals surface area (Å²) in [6.45, 7) is 0.976. The van der Waals surface area contributed by atoms with Crippen molar-refractivity contribution in [3.8, 4) is 0 Å². The maximum Gasteiger partial charge on any atom is 0.104 e. The quantitative estimate of drug-likeness (QED) is 0.684. The second kappa shape index (κ2) is 3.70. The maximum atomic E-state index is 5.41. The number of nitrogens with one attached hydrogen (secondary N) is 1. The standard InChI is InChI=1S/C10H13NO/c1-2-5-9(6-3-1)10-7-4-8-11-12-10/h1-3,5-6,10-11H,4,7-8H2. The predicted octanol–water partition coefficient (Wildman–Crippen LogP) is 2.04. The highest BCUT2D eigenvalue weighted by Gasteiger charge is 2.14. The first-order valence-corrected chi connectivity index (χ1v) is 4.40. The van der Waals surface area contributed by atoms with E-state index in [9.17, 15) is 0 Å². The van der Waals surface area contributed by atoms with Gasteiger partial charge < -0.3 is 0 Å². The fourth-order valence-electron chi connectivity index (χ4n) is 1.48. The lowest BCUT2D eigenvalue weighted by atomic mass is 10.0. The van der Waals surface area contributed by atoms with Gasteiger partial charge in [0.25, 0.3) is 0 Å². The highest BCUT2D eigenvalue weighted by atomic mass is 16.7. The summed E-state index contributed by atoms with van der Waals surface area (Å²) in [6.07, 6.45) is 2.57. The fraction of sp³-hybridized carbons (Fsp3) is 0.400. The lowest BCUT2D eigenvalue weighted by molar-refractivity contribution is -0.0571. The molecule has 0 aromatic heterocycles. The molecule has 64 valence electrons. The van der Waals surface area contributed by atoms with Crippen LogP contribution in [-0.4, -0.2) is 6.54 Å². The van der Waals surface area contributed by atoms with Crippen LogP contribution < -0.4 is 5.48 Å². The Morgan fingerprint density at radius 1 is 1.25 bits per heavy atom. The lowest BCUT2D eigenvalue weighted by Crippen LogP contribution is -2.25. The summed E-state index contributed by atoms with van der Waals surface area (Å²) in [5.41, 5.74) is 4.20. The third-order valence-corrected chi connectivity index (χ3v) is 2.14. The highest BCUT2D eigenvalue weighted by molar-refractivity contribution is 5.17. The van der Waals surface area contributed by atoms with Crippen molar-refractivity contribution >= 4 is 0 Å². The first-order chi connectivity index (χ1) is 5.97. The molecule has 12 heavy (non-hydrogen) atoms. The molecule has 2 nitrogen and oxygen atoms in total. The molecule has 1 N–H and O–H groups in total. The van der Waals surface area contributed by atoms with E-state index in [2.05, 4.69) is 17.6 Å². The van der Waals surface area contributed by atoms with Crippen LogP contribution in [0.1, 0.15) is 24.5 Å². The zero-order valence-corrected chi connectivity index (χ0v) is 6.99. The van der Waals surface area contributed by atoms with Crippen LogP contribution in [0.4, 0.5) is 0 Å². The van der Waals surface area contributed by atoms with Crippen LogP contribution in [0.25, 0.3) is 0 Å². The Balaban J connectivity index is 2.08. The second-order valence-electron chi connectivity index (χ2n) is 3.05. The number of hydroxylamine groups is 1. The maximum absolute atomic E-state index is 5.41. The van der Waals surface area contributed by atoms with E-state index in [1.165, 1.54) is 12.0 Å². The Morgan fingerprint density at radius 2 is 2.08 bits per heavy atom. The summed E-state index contributed by atoms with van der Waals surface area (Å²) in [7, 11) is 0. The molecule has 1 unspecified atom stereocenters. The molecule has 0 amide bonds. The topological polar surface area (TPSA) is 21.3 Å². The third kappa shape index (κ3) is 1.65. The van der Waals surface area contributed by atoms with Crippen LogP contribution in [0.2, 0.25) is 0 Å². The SMILES string of the molecule is c1ccc(C2CCCNO2)cc1. The van der Waals surface area contributed by atoms with Crippen molar-refractivity contribution in [2.75, 3.05) is 6.54 Å². The molecule has 0 aliphatic carbocycles. The summed E-state index contributed by atoms with van der Waals surface area (Å²) in [6, 6.07) is 10.3. The molecule has 1 heterocycles. The van der Waals surface area contributed by atoms with Crippen LogP contribution in [0.15, 0.2) is 30.3 Å². The molecule has 1 aromatic rings. The van der Waals surface area contributed by atoms with E-state index in [-0.39, 0.29) is 6.10 Å². The van der Waals surface area contributed by atoms with Gasteiger partial charge in [0.1, 0.15) is 6.10 Å². The average molecular weight is 163 g/mol. The Morgan fingerprint density at radius 3 is 2.75 bits per heavy atom. The zero-order valence-electron chi connectivity index (χ0n) is 6.99. The summed E-state index contributed by atoms with van der Waals surface area (Å²) < 4.78 is 0. The number of rotatable bonds is 1. The van der Waals surface area contributed by atoms with E-state index in [0.29, 0.717) is 0 Å². The summed E-state index contributed by atoms with van der Waals surface area (Å²) in [5, 5.41) is 0. The first-order valence-electron chi connectivity index (χ1n) is 4.40. The largest absolute Gasteiger partial charge is 0.294 e. The smallest absolute Gasteiger partial charge is 0.104 e. The molecular formula is C10H13NO. The number of hydrogen-bond acceptors (Lipinski definition) is 2. The van der Waals surface area contributed by atoms with E-state index in [4.69, 9.17) is 4.84 Å². The minimum Gasteiger partial charge on any atom is -0.294 e. The Kier molecular flexibility index (Phi) is 2.39. The van der Waals surface area contributed by atoms with Gasteiger partial charge in [0, 0.05) is 6.54 Å². The molecule has 0 bridgehead atoms. The van der Waals surface area contributed by atoms with Gasteiger partial charge in [0.15, 0.2) is 0 Å². The molecule has 1 aliphatic heterocycles. The Hall–Kier alpha value is -0.860. The molecule has 0 saturated carbocycles. The first kappa shape index (κ1) is 7.77. The second-order valence-corrected chi connectivity index (χ2v) is 3.05. The molecule has 2 rings (SSSR count). The van der Waals surface area contributed by atoms with Gasteiger partial charge in [-0.3, -0.25) is 4.84 Å². The van der Waals surface area contributed by atoms with Crippen LogP contribution in [0.5, 0.6) is 0 Å². The monoisotopic (exact) mass is 163 g/mol. The molecule has 2 heteroatoms. The van der Waals surface area contributed by atoms with Gasteiger partial charge in [0.05, 0.1) is 0 Å². The third-order valence-electron chi connectivity index (χ3n) is 2.14. The molecule has 1 fully saturated rings. The van der Waals surface area contributed by atoms with Crippen molar-refractivity contribution in [3.63, 3.8) is 0 Å².